The fraction of sp³-hybridized carbons (Fsp3) is 0.611. The summed E-state index contributed by atoms with van der Waals surface area (Å²) in [5, 5.41) is 3.63. The van der Waals surface area contributed by atoms with Crippen LogP contribution in [0.1, 0.15) is 19.3 Å². The molecule has 0 aromatic heterocycles. The number of piperidine rings is 2. The molecule has 0 spiro atoms. The molecule has 5 nitrogen and oxygen atoms in total. The van der Waals surface area contributed by atoms with Crippen LogP contribution >= 0.6 is 24.8 Å². The van der Waals surface area contributed by atoms with Crippen LogP contribution in [0.3, 0.4) is 0 Å². The highest BCUT2D eigenvalue weighted by atomic mass is 35.5. The summed E-state index contributed by atoms with van der Waals surface area (Å²) in [4.78, 5) is 17.0. The molecule has 1 amide bonds. The maximum Gasteiger partial charge on any atom is 0.241 e. The number of hydrogen-bond acceptors (Lipinski definition) is 4. The van der Waals surface area contributed by atoms with Gasteiger partial charge in [-0.25, -0.2) is 0 Å². The van der Waals surface area contributed by atoms with Crippen LogP contribution in [0, 0.1) is 5.92 Å². The standard InChI is InChI=1S/C18H25N3O2.2ClH/c22-18(21-10-11-23-17-6-2-1-5-16(17)21)13-20-9-7-15-14(12-20)4-3-8-19-15;;/h1-2,5-6,14-15,19H,3-4,7-13H2;2*1H/t14-,15+;;/m1../s1. The number of hydrogen-bond donors (Lipinski definition) is 1. The van der Waals surface area contributed by atoms with Gasteiger partial charge in [0.05, 0.1) is 18.8 Å². The lowest BCUT2D eigenvalue weighted by Gasteiger charge is -2.42. The molecule has 0 aliphatic carbocycles. The van der Waals surface area contributed by atoms with E-state index in [0.717, 1.165) is 37.5 Å². The van der Waals surface area contributed by atoms with Crippen molar-refractivity contribution in [1.29, 1.82) is 0 Å². The minimum atomic E-state index is 0. The van der Waals surface area contributed by atoms with Gasteiger partial charge in [0, 0.05) is 19.1 Å². The quantitative estimate of drug-likeness (QED) is 0.845. The topological polar surface area (TPSA) is 44.8 Å². The van der Waals surface area contributed by atoms with Gasteiger partial charge >= 0.3 is 0 Å². The van der Waals surface area contributed by atoms with Gasteiger partial charge in [0.2, 0.25) is 5.91 Å². The van der Waals surface area contributed by atoms with Crippen molar-refractivity contribution in [3.63, 3.8) is 0 Å². The Kier molecular flexibility index (Phi) is 7.37. The molecule has 2 saturated heterocycles. The minimum Gasteiger partial charge on any atom is -0.490 e. The Morgan fingerprint density at radius 2 is 2.04 bits per heavy atom. The number of halogens is 2. The van der Waals surface area contributed by atoms with E-state index in [1.54, 1.807) is 0 Å². The van der Waals surface area contributed by atoms with Crippen molar-refractivity contribution < 1.29 is 9.53 Å². The third-order valence-electron chi connectivity index (χ3n) is 5.36. The summed E-state index contributed by atoms with van der Waals surface area (Å²) in [5.74, 6) is 1.73. The van der Waals surface area contributed by atoms with Crippen molar-refractivity contribution in [2.24, 2.45) is 5.92 Å². The molecule has 3 aliphatic rings. The van der Waals surface area contributed by atoms with Gasteiger partial charge in [0.25, 0.3) is 0 Å². The number of likely N-dealkylation sites (tertiary alicyclic amines) is 1. The Morgan fingerprint density at radius 3 is 2.92 bits per heavy atom. The van der Waals surface area contributed by atoms with Crippen molar-refractivity contribution >= 4 is 36.4 Å². The first-order valence-electron chi connectivity index (χ1n) is 8.79. The van der Waals surface area contributed by atoms with Crippen LogP contribution in [-0.2, 0) is 4.79 Å². The van der Waals surface area contributed by atoms with Gasteiger partial charge in [0.1, 0.15) is 12.4 Å². The van der Waals surface area contributed by atoms with Gasteiger partial charge in [-0.05, 0) is 43.9 Å². The van der Waals surface area contributed by atoms with Crippen molar-refractivity contribution in [1.82, 2.24) is 10.2 Å². The zero-order chi connectivity index (χ0) is 15.6. The summed E-state index contributed by atoms with van der Waals surface area (Å²) in [6.45, 7) is 4.98. The fourth-order valence-corrected chi connectivity index (χ4v) is 4.17. The Balaban J connectivity index is 0.00000113. The average Bonchev–Trinajstić information content (AvgIpc) is 2.61. The maximum atomic E-state index is 12.8. The lowest BCUT2D eigenvalue weighted by atomic mass is 9.85. The first-order valence-corrected chi connectivity index (χ1v) is 8.79. The number of benzene rings is 1. The third kappa shape index (κ3) is 4.40. The molecule has 0 unspecified atom stereocenters. The molecule has 2 atom stereocenters. The molecule has 4 rings (SSSR count). The number of carbonyl (C=O) groups is 1. The molecule has 1 aromatic rings. The zero-order valence-corrected chi connectivity index (χ0v) is 16.0. The summed E-state index contributed by atoms with van der Waals surface area (Å²) in [7, 11) is 0. The van der Waals surface area contributed by atoms with E-state index in [1.165, 1.54) is 12.8 Å². The Labute approximate surface area is 161 Å². The zero-order valence-electron chi connectivity index (χ0n) is 14.4. The highest BCUT2D eigenvalue weighted by molar-refractivity contribution is 5.96. The van der Waals surface area contributed by atoms with Crippen molar-refractivity contribution in [3.05, 3.63) is 24.3 Å². The maximum absolute atomic E-state index is 12.8. The highest BCUT2D eigenvalue weighted by Gasteiger charge is 2.33. The molecule has 25 heavy (non-hydrogen) atoms. The van der Waals surface area contributed by atoms with Crippen molar-refractivity contribution in [3.8, 4) is 5.75 Å². The number of para-hydroxylation sites is 2. The molecule has 7 heteroatoms. The van der Waals surface area contributed by atoms with E-state index in [4.69, 9.17) is 4.74 Å². The second-order valence-corrected chi connectivity index (χ2v) is 6.85. The number of nitrogens with zero attached hydrogens (tertiary/aromatic N) is 2. The first-order chi connectivity index (χ1) is 11.3. The predicted octanol–water partition coefficient (Wildman–Crippen LogP) is 2.33. The van der Waals surface area contributed by atoms with Gasteiger partial charge in [-0.2, -0.15) is 0 Å². The van der Waals surface area contributed by atoms with Gasteiger partial charge < -0.3 is 15.0 Å². The number of amides is 1. The van der Waals surface area contributed by atoms with Crippen molar-refractivity contribution in [2.45, 2.75) is 25.3 Å². The van der Waals surface area contributed by atoms with Crippen LogP contribution in [0.5, 0.6) is 5.75 Å². The van der Waals surface area contributed by atoms with E-state index in [9.17, 15) is 4.79 Å². The molecule has 1 aromatic carbocycles. The Morgan fingerprint density at radius 1 is 1.20 bits per heavy atom. The summed E-state index contributed by atoms with van der Waals surface area (Å²) in [6.07, 6.45) is 3.72. The molecule has 3 heterocycles. The Bertz CT molecular complexity index is 587. The molecule has 0 radical (unpaired) electrons. The molecule has 2 fully saturated rings. The summed E-state index contributed by atoms with van der Waals surface area (Å²) in [5.41, 5.74) is 0.915. The van der Waals surface area contributed by atoms with Crippen molar-refractivity contribution in [2.75, 3.05) is 44.2 Å². The predicted molar refractivity (Wildman–Crippen MR) is 104 cm³/mol. The van der Waals surface area contributed by atoms with Crippen LogP contribution in [0.4, 0.5) is 5.69 Å². The molecule has 1 N–H and O–H groups in total. The van der Waals surface area contributed by atoms with Gasteiger partial charge in [-0.15, -0.1) is 24.8 Å². The molecule has 0 saturated carbocycles. The molecule has 0 bridgehead atoms. The highest BCUT2D eigenvalue weighted by Crippen LogP contribution is 2.31. The van der Waals surface area contributed by atoms with E-state index in [2.05, 4.69) is 10.2 Å². The van der Waals surface area contributed by atoms with Crippen LogP contribution in [0.25, 0.3) is 0 Å². The normalized spacial score (nSPS) is 25.5. The van der Waals surface area contributed by atoms with Gasteiger partial charge in [-0.3, -0.25) is 9.69 Å². The fourth-order valence-electron chi connectivity index (χ4n) is 4.17. The van der Waals surface area contributed by atoms with Crippen LogP contribution in [0.2, 0.25) is 0 Å². The lowest BCUT2D eigenvalue weighted by molar-refractivity contribution is -0.120. The number of ether oxygens (including phenoxy) is 1. The largest absolute Gasteiger partial charge is 0.490 e. The van der Waals surface area contributed by atoms with E-state index >= 15 is 0 Å². The smallest absolute Gasteiger partial charge is 0.241 e. The minimum absolute atomic E-state index is 0. The monoisotopic (exact) mass is 387 g/mol. The molecular formula is C18H27Cl2N3O2. The second kappa shape index (κ2) is 9.08. The molecule has 3 aliphatic heterocycles. The third-order valence-corrected chi connectivity index (χ3v) is 5.36. The Hall–Kier alpha value is -1.01. The van der Waals surface area contributed by atoms with Crippen LogP contribution in [0.15, 0.2) is 24.3 Å². The van der Waals surface area contributed by atoms with E-state index in [1.807, 2.05) is 29.2 Å². The average molecular weight is 388 g/mol. The van der Waals surface area contributed by atoms with Gasteiger partial charge in [-0.1, -0.05) is 12.1 Å². The first kappa shape index (κ1) is 20.3. The van der Waals surface area contributed by atoms with Crippen LogP contribution in [-0.4, -0.2) is 56.2 Å². The van der Waals surface area contributed by atoms with E-state index in [0.29, 0.717) is 31.7 Å². The summed E-state index contributed by atoms with van der Waals surface area (Å²) in [6, 6.07) is 8.50. The number of anilines is 1. The molecular weight excluding hydrogens is 361 g/mol. The van der Waals surface area contributed by atoms with E-state index < -0.39 is 0 Å². The number of carbonyl (C=O) groups excluding carboxylic acids is 1. The number of rotatable bonds is 2. The van der Waals surface area contributed by atoms with Crippen LogP contribution < -0.4 is 15.0 Å². The SMILES string of the molecule is Cl.Cl.O=C(CN1CC[C@@H]2NCCC[C@@H]2C1)N1CCOc2ccccc21. The second-order valence-electron chi connectivity index (χ2n) is 6.85. The lowest BCUT2D eigenvalue weighted by Crippen LogP contribution is -2.54. The summed E-state index contributed by atoms with van der Waals surface area (Å²) < 4.78 is 5.65. The molecule has 140 valence electrons. The number of fused-ring (bicyclic) bond motifs is 2. The number of nitrogens with one attached hydrogen (secondary N) is 1. The summed E-state index contributed by atoms with van der Waals surface area (Å²) >= 11 is 0. The van der Waals surface area contributed by atoms with Gasteiger partial charge in [0.15, 0.2) is 0 Å². The van der Waals surface area contributed by atoms with E-state index in [-0.39, 0.29) is 30.7 Å².